The molecule has 2 bridgehead atoms. The molecule has 0 unspecified atom stereocenters. The Morgan fingerprint density at radius 3 is 2.35 bits per heavy atom. The minimum atomic E-state index is -3.46. The molecule has 3 nitrogen and oxygen atoms in total. The second-order valence-electron chi connectivity index (χ2n) is 8.98. The van der Waals surface area contributed by atoms with Crippen LogP contribution in [0.2, 0.25) is 4.31 Å². The molecular formula is C21H29NO2SSe. The van der Waals surface area contributed by atoms with Crippen LogP contribution in [-0.2, 0) is 10.0 Å². The van der Waals surface area contributed by atoms with E-state index in [0.29, 0.717) is 10.8 Å². The Morgan fingerprint density at radius 2 is 1.73 bits per heavy atom. The van der Waals surface area contributed by atoms with Crippen LogP contribution in [0.4, 0.5) is 0 Å². The van der Waals surface area contributed by atoms with Crippen molar-refractivity contribution in [1.82, 2.24) is 3.74 Å². The Balaban J connectivity index is 1.66. The van der Waals surface area contributed by atoms with E-state index in [4.69, 9.17) is 0 Å². The molecule has 0 aromatic heterocycles. The van der Waals surface area contributed by atoms with Gasteiger partial charge in [-0.05, 0) is 0 Å². The van der Waals surface area contributed by atoms with Gasteiger partial charge in [0.15, 0.2) is 0 Å². The zero-order valence-corrected chi connectivity index (χ0v) is 18.5. The number of nitrogens with one attached hydrogen (secondary N) is 1. The summed E-state index contributed by atoms with van der Waals surface area (Å²) in [7, 11) is -3.46. The Morgan fingerprint density at radius 1 is 1.12 bits per heavy atom. The average molecular weight is 438 g/mol. The monoisotopic (exact) mass is 439 g/mol. The summed E-state index contributed by atoms with van der Waals surface area (Å²) in [5.74, 6) is 0.663. The van der Waals surface area contributed by atoms with Gasteiger partial charge in [0, 0.05) is 0 Å². The molecule has 1 aromatic carbocycles. The van der Waals surface area contributed by atoms with Gasteiger partial charge in [-0.1, -0.05) is 0 Å². The number of allylic oxidation sites excluding steroid dienone is 1. The predicted molar refractivity (Wildman–Crippen MR) is 106 cm³/mol. The van der Waals surface area contributed by atoms with Crippen molar-refractivity contribution >= 4 is 25.2 Å². The summed E-state index contributed by atoms with van der Waals surface area (Å²) in [5, 5.41) is 0. The van der Waals surface area contributed by atoms with Gasteiger partial charge in [0.2, 0.25) is 0 Å². The van der Waals surface area contributed by atoms with E-state index in [1.54, 1.807) is 12.1 Å². The fraction of sp³-hybridized carbons (Fsp3) is 0.619. The summed E-state index contributed by atoms with van der Waals surface area (Å²) in [5.41, 5.74) is 2.79. The molecule has 0 saturated heterocycles. The first-order valence-corrected chi connectivity index (χ1v) is 12.8. The number of benzene rings is 1. The number of aryl methyl sites for hydroxylation is 1. The van der Waals surface area contributed by atoms with E-state index in [1.807, 2.05) is 19.1 Å². The summed E-state index contributed by atoms with van der Waals surface area (Å²) in [6.07, 6.45) is 7.38. The Hall–Kier alpha value is -0.611. The fourth-order valence-corrected chi connectivity index (χ4v) is 11.7. The van der Waals surface area contributed by atoms with Gasteiger partial charge in [-0.3, -0.25) is 0 Å². The molecule has 2 atom stereocenters. The molecule has 3 aliphatic carbocycles. The van der Waals surface area contributed by atoms with Gasteiger partial charge in [0.05, 0.1) is 0 Å². The molecule has 3 saturated carbocycles. The van der Waals surface area contributed by atoms with E-state index < -0.39 is 10.0 Å². The van der Waals surface area contributed by atoms with Crippen molar-refractivity contribution in [2.45, 2.75) is 68.5 Å². The summed E-state index contributed by atoms with van der Waals surface area (Å²) in [4.78, 5) is 0.374. The zero-order valence-electron chi connectivity index (χ0n) is 16.0. The summed E-state index contributed by atoms with van der Waals surface area (Å²) >= 11 is -0.208. The van der Waals surface area contributed by atoms with E-state index in [9.17, 15) is 8.42 Å². The molecular weight excluding hydrogens is 409 g/mol. The third-order valence-corrected chi connectivity index (χ3v) is 13.2. The van der Waals surface area contributed by atoms with Crippen LogP contribution in [0, 0.1) is 23.7 Å². The van der Waals surface area contributed by atoms with Crippen LogP contribution in [0.3, 0.4) is 0 Å². The first-order chi connectivity index (χ1) is 12.2. The van der Waals surface area contributed by atoms with Gasteiger partial charge in [0.25, 0.3) is 0 Å². The van der Waals surface area contributed by atoms with Crippen LogP contribution in [0.25, 0.3) is 0 Å². The van der Waals surface area contributed by atoms with E-state index >= 15 is 0 Å². The molecule has 3 aliphatic rings. The molecule has 3 fully saturated rings. The third-order valence-electron chi connectivity index (χ3n) is 7.55. The van der Waals surface area contributed by atoms with Crippen LogP contribution in [0.5, 0.6) is 0 Å². The van der Waals surface area contributed by atoms with E-state index in [0.717, 1.165) is 12.0 Å². The number of hydrogen-bond acceptors (Lipinski definition) is 2. The molecule has 5 heteroatoms. The number of rotatable bonds is 4. The SMILES string of the molecule is C=C1C(C)(C)[C@@H]2CC[C@@]1([Se]NS(=O)(=O)c1ccc(C)cc1)C21CCCC1. The predicted octanol–water partition coefficient (Wildman–Crippen LogP) is 4.62. The molecule has 0 aliphatic heterocycles. The molecule has 1 N–H and O–H groups in total. The minimum absolute atomic E-state index is 0.0115. The quantitative estimate of drug-likeness (QED) is 0.551. The second kappa shape index (κ2) is 5.94. The van der Waals surface area contributed by atoms with Gasteiger partial charge < -0.3 is 0 Å². The van der Waals surface area contributed by atoms with Gasteiger partial charge in [-0.25, -0.2) is 0 Å². The fourth-order valence-electron chi connectivity index (χ4n) is 6.25. The summed E-state index contributed by atoms with van der Waals surface area (Å²) < 4.78 is 28.9. The van der Waals surface area contributed by atoms with Gasteiger partial charge in [-0.15, -0.1) is 0 Å². The van der Waals surface area contributed by atoms with E-state index in [2.05, 4.69) is 24.2 Å². The average Bonchev–Trinajstić information content (AvgIpc) is 3.22. The van der Waals surface area contributed by atoms with E-state index in [1.165, 1.54) is 37.7 Å². The molecule has 0 amide bonds. The molecule has 0 radical (unpaired) electrons. The number of hydrogen-bond donors (Lipinski definition) is 1. The maximum absolute atomic E-state index is 12.9. The normalized spacial score (nSPS) is 31.8. The molecule has 142 valence electrons. The van der Waals surface area contributed by atoms with Gasteiger partial charge >= 0.3 is 165 Å². The first-order valence-electron chi connectivity index (χ1n) is 9.62. The Labute approximate surface area is 164 Å². The van der Waals surface area contributed by atoms with Gasteiger partial charge in [0.1, 0.15) is 0 Å². The van der Waals surface area contributed by atoms with Crippen molar-refractivity contribution < 1.29 is 8.42 Å². The van der Waals surface area contributed by atoms with Crippen molar-refractivity contribution in [3.05, 3.63) is 42.0 Å². The third kappa shape index (κ3) is 2.37. The van der Waals surface area contributed by atoms with Gasteiger partial charge in [-0.2, -0.15) is 0 Å². The Bertz CT molecular complexity index is 837. The standard InChI is InChI=1S/C21H29NO2SSe/c1-15-7-9-17(10-8-15)25(23,24)22-26-21-14-11-18(19(3,4)16(21)2)20(21)12-5-6-13-20/h7-10,18,22H,2,5-6,11-14H2,1,3-4H3/t18-,21-/m0/s1. The van der Waals surface area contributed by atoms with E-state index in [-0.39, 0.29) is 30.3 Å². The molecule has 1 aromatic rings. The van der Waals surface area contributed by atoms with Crippen molar-refractivity contribution in [3.8, 4) is 0 Å². The maximum atomic E-state index is 12.9. The number of sulfonamides is 1. The van der Waals surface area contributed by atoms with Crippen LogP contribution < -0.4 is 3.74 Å². The molecule has 4 rings (SSSR count). The summed E-state index contributed by atoms with van der Waals surface area (Å²) in [6, 6.07) is 7.15. The van der Waals surface area contributed by atoms with Crippen LogP contribution in [0.15, 0.2) is 41.3 Å². The second-order valence-corrected chi connectivity index (χ2v) is 13.6. The molecule has 26 heavy (non-hydrogen) atoms. The van der Waals surface area contributed by atoms with Crippen molar-refractivity contribution in [3.63, 3.8) is 0 Å². The molecule has 0 heterocycles. The van der Waals surface area contributed by atoms with Crippen molar-refractivity contribution in [2.75, 3.05) is 0 Å². The Kier molecular flexibility index (Phi) is 4.28. The summed E-state index contributed by atoms with van der Waals surface area (Å²) in [6.45, 7) is 11.2. The van der Waals surface area contributed by atoms with Crippen LogP contribution >= 0.6 is 0 Å². The molecule has 1 spiro atoms. The zero-order chi connectivity index (χ0) is 18.8. The van der Waals surface area contributed by atoms with Crippen LogP contribution in [-0.4, -0.2) is 23.6 Å². The first kappa shape index (κ1) is 18.7. The topological polar surface area (TPSA) is 46.2 Å². The van der Waals surface area contributed by atoms with Crippen molar-refractivity contribution in [2.24, 2.45) is 16.7 Å². The van der Waals surface area contributed by atoms with Crippen molar-refractivity contribution in [1.29, 1.82) is 0 Å². The van der Waals surface area contributed by atoms with Crippen LogP contribution in [0.1, 0.15) is 57.9 Å².